The first kappa shape index (κ1) is 11.5. The second-order valence-corrected chi connectivity index (χ2v) is 5.97. The molecule has 0 amide bonds. The summed E-state index contributed by atoms with van der Waals surface area (Å²) in [6.45, 7) is 0. The number of halogens is 1. The van der Waals surface area contributed by atoms with Gasteiger partial charge in [-0.1, -0.05) is 24.6 Å². The van der Waals surface area contributed by atoms with Crippen molar-refractivity contribution in [3.05, 3.63) is 35.6 Å². The predicted octanol–water partition coefficient (Wildman–Crippen LogP) is 1.75. The van der Waals surface area contributed by atoms with Gasteiger partial charge in [0.05, 0.1) is 5.25 Å². The van der Waals surface area contributed by atoms with Gasteiger partial charge in [0.25, 0.3) is 0 Å². The molecule has 1 saturated carbocycles. The minimum Gasteiger partial charge on any atom is -0.228 e. The fourth-order valence-electron chi connectivity index (χ4n) is 2.45. The zero-order chi connectivity index (χ0) is 11.8. The molecule has 0 radical (unpaired) electrons. The number of hydrogen-bond donors (Lipinski definition) is 1. The van der Waals surface area contributed by atoms with E-state index >= 15 is 0 Å². The van der Waals surface area contributed by atoms with E-state index in [2.05, 4.69) is 0 Å². The summed E-state index contributed by atoms with van der Waals surface area (Å²) >= 11 is 0. The minimum absolute atomic E-state index is 0.295. The third-order valence-corrected chi connectivity index (χ3v) is 4.59. The molecule has 1 fully saturated rings. The lowest BCUT2D eigenvalue weighted by Crippen LogP contribution is -2.30. The molecular weight excluding hydrogens is 229 g/mol. The Labute approximate surface area is 94.5 Å². The van der Waals surface area contributed by atoms with E-state index in [1.165, 1.54) is 6.07 Å². The Morgan fingerprint density at radius 2 is 1.94 bits per heavy atom. The van der Waals surface area contributed by atoms with Gasteiger partial charge in [0.2, 0.25) is 10.0 Å². The molecule has 1 aliphatic carbocycles. The number of sulfonamides is 1. The van der Waals surface area contributed by atoms with E-state index in [1.807, 2.05) is 0 Å². The van der Waals surface area contributed by atoms with Crippen LogP contribution in [0, 0.1) is 5.82 Å². The number of nitrogens with two attached hydrogens (primary N) is 1. The summed E-state index contributed by atoms with van der Waals surface area (Å²) in [5.41, 5.74) is 0.471. The maximum absolute atomic E-state index is 13.6. The smallest absolute Gasteiger partial charge is 0.212 e. The lowest BCUT2D eigenvalue weighted by Gasteiger charge is -2.18. The Bertz CT molecular complexity index is 487. The summed E-state index contributed by atoms with van der Waals surface area (Å²) in [5.74, 6) is -0.640. The Hall–Kier alpha value is -0.940. The lowest BCUT2D eigenvalue weighted by molar-refractivity contribution is 0.554. The molecule has 0 spiro atoms. The molecule has 0 aliphatic heterocycles. The first-order valence-corrected chi connectivity index (χ1v) is 6.87. The van der Waals surface area contributed by atoms with E-state index in [0.29, 0.717) is 18.4 Å². The minimum atomic E-state index is -3.58. The van der Waals surface area contributed by atoms with Crippen molar-refractivity contribution in [2.24, 2.45) is 5.14 Å². The van der Waals surface area contributed by atoms with Crippen LogP contribution in [0.1, 0.15) is 30.7 Å². The van der Waals surface area contributed by atoms with Gasteiger partial charge >= 0.3 is 0 Å². The maximum atomic E-state index is 13.6. The third kappa shape index (κ3) is 2.10. The van der Waals surface area contributed by atoms with Gasteiger partial charge in [-0.05, 0) is 24.5 Å². The first-order chi connectivity index (χ1) is 7.50. The molecule has 2 N–H and O–H groups in total. The van der Waals surface area contributed by atoms with Crippen LogP contribution in [0.5, 0.6) is 0 Å². The van der Waals surface area contributed by atoms with E-state index in [4.69, 9.17) is 5.14 Å². The van der Waals surface area contributed by atoms with E-state index in [0.717, 1.165) is 6.42 Å². The van der Waals surface area contributed by atoms with Crippen molar-refractivity contribution >= 4 is 10.0 Å². The average molecular weight is 243 g/mol. The number of rotatable bonds is 2. The Balaban J connectivity index is 2.38. The summed E-state index contributed by atoms with van der Waals surface area (Å²) in [5, 5.41) is 4.53. The van der Waals surface area contributed by atoms with Crippen LogP contribution in [-0.2, 0) is 10.0 Å². The zero-order valence-corrected chi connectivity index (χ0v) is 9.58. The van der Waals surface area contributed by atoms with E-state index in [9.17, 15) is 12.8 Å². The van der Waals surface area contributed by atoms with Crippen molar-refractivity contribution < 1.29 is 12.8 Å². The molecule has 0 bridgehead atoms. The van der Waals surface area contributed by atoms with E-state index < -0.39 is 15.3 Å². The summed E-state index contributed by atoms with van der Waals surface area (Å²) in [7, 11) is -3.58. The molecule has 5 heteroatoms. The second kappa shape index (κ2) is 4.14. The van der Waals surface area contributed by atoms with Crippen molar-refractivity contribution in [1.82, 2.24) is 0 Å². The number of primary sulfonamides is 1. The fraction of sp³-hybridized carbons (Fsp3) is 0.455. The molecular formula is C11H14FNO2S. The van der Waals surface area contributed by atoms with Gasteiger partial charge < -0.3 is 0 Å². The molecule has 0 aromatic heterocycles. The van der Waals surface area contributed by atoms with Gasteiger partial charge in [-0.25, -0.2) is 17.9 Å². The van der Waals surface area contributed by atoms with Crippen LogP contribution in [0.3, 0.4) is 0 Å². The summed E-state index contributed by atoms with van der Waals surface area (Å²) in [4.78, 5) is 0. The second-order valence-electron chi connectivity index (χ2n) is 4.19. The van der Waals surface area contributed by atoms with Crippen molar-refractivity contribution in [2.45, 2.75) is 30.4 Å². The average Bonchev–Trinajstić information content (AvgIpc) is 2.66. The quantitative estimate of drug-likeness (QED) is 0.860. The fourth-order valence-corrected chi connectivity index (χ4v) is 3.69. The van der Waals surface area contributed by atoms with Gasteiger partial charge in [-0.3, -0.25) is 0 Å². The largest absolute Gasteiger partial charge is 0.228 e. The van der Waals surface area contributed by atoms with E-state index in [-0.39, 0.29) is 11.7 Å². The maximum Gasteiger partial charge on any atom is 0.212 e. The highest BCUT2D eigenvalue weighted by atomic mass is 32.2. The van der Waals surface area contributed by atoms with Crippen LogP contribution in [-0.4, -0.2) is 13.7 Å². The molecule has 2 atom stereocenters. The van der Waals surface area contributed by atoms with Crippen LogP contribution < -0.4 is 5.14 Å². The van der Waals surface area contributed by atoms with Gasteiger partial charge in [0.1, 0.15) is 5.82 Å². The summed E-state index contributed by atoms with van der Waals surface area (Å²) in [6, 6.07) is 6.31. The molecule has 1 aliphatic rings. The molecule has 0 heterocycles. The first-order valence-electron chi connectivity index (χ1n) is 5.26. The van der Waals surface area contributed by atoms with Crippen molar-refractivity contribution in [2.75, 3.05) is 0 Å². The van der Waals surface area contributed by atoms with Crippen molar-refractivity contribution in [3.63, 3.8) is 0 Å². The molecule has 2 rings (SSSR count). The van der Waals surface area contributed by atoms with Gasteiger partial charge in [0.15, 0.2) is 0 Å². The molecule has 16 heavy (non-hydrogen) atoms. The molecule has 3 nitrogen and oxygen atoms in total. The third-order valence-electron chi connectivity index (χ3n) is 3.18. The SMILES string of the molecule is NS(=O)(=O)C1CCCC1c1ccccc1F. The Morgan fingerprint density at radius 1 is 1.25 bits per heavy atom. The molecule has 2 unspecified atom stereocenters. The Morgan fingerprint density at radius 3 is 2.56 bits per heavy atom. The molecule has 1 aromatic carbocycles. The van der Waals surface area contributed by atoms with Crippen LogP contribution >= 0.6 is 0 Å². The highest BCUT2D eigenvalue weighted by Crippen LogP contribution is 2.38. The highest BCUT2D eigenvalue weighted by Gasteiger charge is 2.37. The normalized spacial score (nSPS) is 25.9. The standard InChI is InChI=1S/C11H14FNO2S/c12-10-6-2-1-4-8(10)9-5-3-7-11(9)16(13,14)15/h1-2,4,6,9,11H,3,5,7H2,(H2,13,14,15). The summed E-state index contributed by atoms with van der Waals surface area (Å²) in [6.07, 6.45) is 1.99. The van der Waals surface area contributed by atoms with Crippen molar-refractivity contribution in [3.8, 4) is 0 Å². The number of hydrogen-bond acceptors (Lipinski definition) is 2. The monoisotopic (exact) mass is 243 g/mol. The van der Waals surface area contributed by atoms with Gasteiger partial charge in [-0.2, -0.15) is 0 Å². The molecule has 88 valence electrons. The van der Waals surface area contributed by atoms with Gasteiger partial charge in [0, 0.05) is 5.92 Å². The van der Waals surface area contributed by atoms with Crippen LogP contribution in [0.15, 0.2) is 24.3 Å². The van der Waals surface area contributed by atoms with E-state index in [1.54, 1.807) is 18.2 Å². The number of benzene rings is 1. The molecule has 0 saturated heterocycles. The zero-order valence-electron chi connectivity index (χ0n) is 8.77. The predicted molar refractivity (Wildman–Crippen MR) is 59.9 cm³/mol. The lowest BCUT2D eigenvalue weighted by atomic mass is 9.97. The molecule has 1 aromatic rings. The van der Waals surface area contributed by atoms with Crippen molar-refractivity contribution in [1.29, 1.82) is 0 Å². The van der Waals surface area contributed by atoms with Crippen LogP contribution in [0.4, 0.5) is 4.39 Å². The van der Waals surface area contributed by atoms with Crippen LogP contribution in [0.2, 0.25) is 0 Å². The summed E-state index contributed by atoms with van der Waals surface area (Å²) < 4.78 is 36.3. The van der Waals surface area contributed by atoms with Crippen LogP contribution in [0.25, 0.3) is 0 Å². The Kier molecular flexibility index (Phi) is 2.99. The highest BCUT2D eigenvalue weighted by molar-refractivity contribution is 7.89. The topological polar surface area (TPSA) is 60.2 Å². The van der Waals surface area contributed by atoms with Gasteiger partial charge in [-0.15, -0.1) is 0 Å².